The van der Waals surface area contributed by atoms with Crippen LogP contribution in [0.1, 0.15) is 23.0 Å². The van der Waals surface area contributed by atoms with Crippen LogP contribution >= 0.6 is 0 Å². The number of carbonyl (C=O) groups excluding carboxylic acids is 1. The molecule has 0 unspecified atom stereocenters. The maximum Gasteiger partial charge on any atom is 0.411 e. The van der Waals surface area contributed by atoms with E-state index in [0.717, 1.165) is 4.90 Å². The van der Waals surface area contributed by atoms with E-state index in [1.54, 1.807) is 35.2 Å². The molecule has 0 aliphatic carbocycles. The van der Waals surface area contributed by atoms with Gasteiger partial charge in [0.1, 0.15) is 5.69 Å². The van der Waals surface area contributed by atoms with Gasteiger partial charge in [0.05, 0.1) is 12.5 Å². The second-order valence-electron chi connectivity index (χ2n) is 4.28. The van der Waals surface area contributed by atoms with Crippen LogP contribution in [0.4, 0.5) is 10.5 Å². The fraction of sp³-hybridized carbons (Fsp3) is 0.214. The molecule has 0 atom stereocenters. The molecule has 0 fully saturated rings. The van der Waals surface area contributed by atoms with Crippen LogP contribution in [0.5, 0.6) is 0 Å². The minimum Gasteiger partial charge on any atom is -0.465 e. The maximum absolute atomic E-state index is 12.3. The van der Waals surface area contributed by atoms with Crippen molar-refractivity contribution in [1.82, 2.24) is 9.55 Å². The summed E-state index contributed by atoms with van der Waals surface area (Å²) in [5.74, 6) is -0.131. The van der Waals surface area contributed by atoms with Gasteiger partial charge in [-0.1, -0.05) is 0 Å². The third-order valence-electron chi connectivity index (χ3n) is 3.09. The van der Waals surface area contributed by atoms with E-state index in [1.807, 2.05) is 6.92 Å². The average Bonchev–Trinajstić information content (AvgIpc) is 2.94. The van der Waals surface area contributed by atoms with Crippen LogP contribution in [-0.2, 0) is 6.54 Å². The van der Waals surface area contributed by atoms with Crippen molar-refractivity contribution in [1.29, 1.82) is 0 Å². The summed E-state index contributed by atoms with van der Waals surface area (Å²) in [5, 5.41) is 8.88. The number of anilines is 1. The molecule has 0 saturated heterocycles. The average molecular weight is 273 g/mol. The zero-order valence-electron chi connectivity index (χ0n) is 11.3. The van der Waals surface area contributed by atoms with Gasteiger partial charge in [-0.05, 0) is 31.2 Å². The first-order valence-corrected chi connectivity index (χ1v) is 6.16. The topological polar surface area (TPSA) is 75.4 Å². The van der Waals surface area contributed by atoms with Crippen molar-refractivity contribution in [2.75, 3.05) is 11.9 Å². The number of ketones is 1. The number of nitrogens with zero attached hydrogens (tertiary/aromatic N) is 3. The van der Waals surface area contributed by atoms with Gasteiger partial charge in [0.15, 0.2) is 0 Å². The Morgan fingerprint density at radius 3 is 2.50 bits per heavy atom. The molecule has 104 valence electrons. The first kappa shape index (κ1) is 13.8. The summed E-state index contributed by atoms with van der Waals surface area (Å²) in [6.45, 7) is 2.60. The van der Waals surface area contributed by atoms with Gasteiger partial charge in [0.25, 0.3) is 0 Å². The fourth-order valence-corrected chi connectivity index (χ4v) is 1.86. The molecule has 1 aromatic carbocycles. The second-order valence-corrected chi connectivity index (χ2v) is 4.28. The summed E-state index contributed by atoms with van der Waals surface area (Å²) in [7, 11) is 1.45. The van der Waals surface area contributed by atoms with Crippen molar-refractivity contribution >= 4 is 17.6 Å². The summed E-state index contributed by atoms with van der Waals surface area (Å²) in [4.78, 5) is 28.2. The molecule has 1 amide bonds. The number of hydrogen-bond donors (Lipinski definition) is 1. The third-order valence-corrected chi connectivity index (χ3v) is 3.09. The molecule has 0 spiro atoms. The van der Waals surface area contributed by atoms with Crippen LogP contribution in [0.25, 0.3) is 0 Å². The molecule has 0 aliphatic heterocycles. The molecular weight excluding hydrogens is 258 g/mol. The maximum atomic E-state index is 12.3. The molecule has 1 heterocycles. The fourth-order valence-electron chi connectivity index (χ4n) is 1.86. The highest BCUT2D eigenvalue weighted by molar-refractivity contribution is 6.08. The number of carbonyl (C=O) groups is 2. The van der Waals surface area contributed by atoms with Gasteiger partial charge < -0.3 is 9.67 Å². The highest BCUT2D eigenvalue weighted by Gasteiger charge is 2.14. The van der Waals surface area contributed by atoms with Gasteiger partial charge >= 0.3 is 6.09 Å². The number of carboxylic acid groups (broad SMARTS) is 1. The third kappa shape index (κ3) is 2.54. The highest BCUT2D eigenvalue weighted by atomic mass is 16.4. The SMILES string of the molecule is CCn1cncc1C(=O)c1ccc(N(C)C(=O)O)cc1. The number of aromatic nitrogens is 2. The van der Waals surface area contributed by atoms with Crippen LogP contribution < -0.4 is 4.90 Å². The Bertz CT molecular complexity index is 631. The number of rotatable bonds is 4. The van der Waals surface area contributed by atoms with Gasteiger partial charge in [-0.15, -0.1) is 0 Å². The molecule has 20 heavy (non-hydrogen) atoms. The Hall–Kier alpha value is -2.63. The molecule has 0 bridgehead atoms. The van der Waals surface area contributed by atoms with Gasteiger partial charge in [-0.25, -0.2) is 9.78 Å². The Morgan fingerprint density at radius 2 is 1.95 bits per heavy atom. The smallest absolute Gasteiger partial charge is 0.411 e. The second kappa shape index (κ2) is 5.56. The van der Waals surface area contributed by atoms with Crippen molar-refractivity contribution < 1.29 is 14.7 Å². The monoisotopic (exact) mass is 273 g/mol. The number of hydrogen-bond acceptors (Lipinski definition) is 3. The number of imidazole rings is 1. The van der Waals surface area contributed by atoms with E-state index in [1.165, 1.54) is 13.2 Å². The molecule has 2 rings (SSSR count). The van der Waals surface area contributed by atoms with E-state index in [2.05, 4.69) is 4.98 Å². The quantitative estimate of drug-likeness (QED) is 0.867. The summed E-state index contributed by atoms with van der Waals surface area (Å²) >= 11 is 0. The predicted octanol–water partition coefficient (Wildman–Crippen LogP) is 2.25. The number of aryl methyl sites for hydroxylation is 1. The van der Waals surface area contributed by atoms with E-state index < -0.39 is 6.09 Å². The highest BCUT2D eigenvalue weighted by Crippen LogP contribution is 2.16. The Labute approximate surface area is 116 Å². The Balaban J connectivity index is 2.26. The summed E-state index contributed by atoms with van der Waals surface area (Å²) in [6, 6.07) is 6.44. The molecule has 0 aliphatic rings. The molecule has 1 aromatic heterocycles. The molecule has 6 heteroatoms. The van der Waals surface area contributed by atoms with Gasteiger partial charge in [-0.2, -0.15) is 0 Å². The van der Waals surface area contributed by atoms with E-state index in [4.69, 9.17) is 5.11 Å². The summed E-state index contributed by atoms with van der Waals surface area (Å²) in [6.07, 6.45) is 2.09. The molecule has 1 N–H and O–H groups in total. The van der Waals surface area contributed by atoms with Crippen LogP contribution in [-0.4, -0.2) is 33.6 Å². The molecule has 6 nitrogen and oxygen atoms in total. The first-order chi connectivity index (χ1) is 9.54. The normalized spacial score (nSPS) is 10.3. The largest absolute Gasteiger partial charge is 0.465 e. The number of benzene rings is 1. The molecule has 0 radical (unpaired) electrons. The van der Waals surface area contributed by atoms with Crippen molar-refractivity contribution in [3.63, 3.8) is 0 Å². The minimum absolute atomic E-state index is 0.131. The van der Waals surface area contributed by atoms with Crippen molar-refractivity contribution in [3.05, 3.63) is 48.0 Å². The number of amides is 1. The van der Waals surface area contributed by atoms with Crippen LogP contribution in [0, 0.1) is 0 Å². The lowest BCUT2D eigenvalue weighted by atomic mass is 10.1. The van der Waals surface area contributed by atoms with Gasteiger partial charge in [0.2, 0.25) is 5.78 Å². The Morgan fingerprint density at radius 1 is 1.30 bits per heavy atom. The van der Waals surface area contributed by atoms with E-state index in [9.17, 15) is 9.59 Å². The van der Waals surface area contributed by atoms with E-state index >= 15 is 0 Å². The van der Waals surface area contributed by atoms with E-state index in [-0.39, 0.29) is 5.78 Å². The lowest BCUT2D eigenvalue weighted by Gasteiger charge is -2.13. The molecule has 2 aromatic rings. The van der Waals surface area contributed by atoms with Crippen LogP contribution in [0.2, 0.25) is 0 Å². The van der Waals surface area contributed by atoms with Crippen LogP contribution in [0.3, 0.4) is 0 Å². The van der Waals surface area contributed by atoms with Gasteiger partial charge in [-0.3, -0.25) is 9.69 Å². The predicted molar refractivity (Wildman–Crippen MR) is 74.2 cm³/mol. The van der Waals surface area contributed by atoms with Crippen molar-refractivity contribution in [3.8, 4) is 0 Å². The first-order valence-electron chi connectivity index (χ1n) is 6.16. The van der Waals surface area contributed by atoms with Crippen molar-refractivity contribution in [2.24, 2.45) is 0 Å². The molecule has 0 saturated carbocycles. The standard InChI is InChI=1S/C14H15N3O3/c1-3-17-9-15-8-12(17)13(18)10-4-6-11(7-5-10)16(2)14(19)20/h4-9H,3H2,1-2H3,(H,19,20). The lowest BCUT2D eigenvalue weighted by molar-refractivity contribution is 0.103. The minimum atomic E-state index is -1.05. The van der Waals surface area contributed by atoms with Gasteiger partial charge in [0, 0.05) is 24.8 Å². The van der Waals surface area contributed by atoms with Crippen LogP contribution in [0.15, 0.2) is 36.8 Å². The zero-order valence-corrected chi connectivity index (χ0v) is 11.3. The summed E-state index contributed by atoms with van der Waals surface area (Å²) in [5.41, 5.74) is 1.53. The Kier molecular flexibility index (Phi) is 3.84. The zero-order chi connectivity index (χ0) is 14.7. The summed E-state index contributed by atoms with van der Waals surface area (Å²) < 4.78 is 1.76. The lowest BCUT2D eigenvalue weighted by Crippen LogP contribution is -2.23. The van der Waals surface area contributed by atoms with E-state index in [0.29, 0.717) is 23.5 Å². The van der Waals surface area contributed by atoms with Crippen molar-refractivity contribution in [2.45, 2.75) is 13.5 Å². The molecular formula is C14H15N3O3.